The Kier molecular flexibility index (Phi) is 536. The average Bonchev–Trinajstić information content (AvgIpc) is 1.50. The first kappa shape index (κ1) is 17.4. The van der Waals surface area contributed by atoms with E-state index in [1.807, 2.05) is 6.79 Å². The molecule has 0 aromatic rings. The van der Waals surface area contributed by atoms with Crippen LogP contribution in [0.1, 0.15) is 0 Å². The summed E-state index contributed by atoms with van der Waals surface area (Å²) in [5, 5.41) is 8.25. The van der Waals surface area contributed by atoms with Gasteiger partial charge in [-0.25, -0.2) is 0 Å². The first-order valence-corrected chi connectivity index (χ1v) is 0.697. The van der Waals surface area contributed by atoms with Crippen LogP contribution in [0.5, 0.6) is 0 Å². The van der Waals surface area contributed by atoms with Crippen LogP contribution in [0.15, 0.2) is 0 Å². The van der Waals surface area contributed by atoms with Crippen LogP contribution in [0.25, 0.3) is 0 Å². The number of carbonyl (C=O) groups excluding carboxylic acids is 1. The van der Waals surface area contributed by atoms with Gasteiger partial charge in [0.2, 0.25) is 0 Å². The van der Waals surface area contributed by atoms with Crippen LogP contribution in [0.2, 0.25) is 0 Å². The van der Waals surface area contributed by atoms with E-state index in [0.29, 0.717) is 0 Å². The summed E-state index contributed by atoms with van der Waals surface area (Å²) in [7, 11) is 0.750. The van der Waals surface area contributed by atoms with Gasteiger partial charge in [-0.05, 0) is 0 Å². The molecule has 0 N–H and O–H groups in total. The second-order valence-electron chi connectivity index (χ2n) is 0. The van der Waals surface area contributed by atoms with Crippen molar-refractivity contribution in [1.82, 2.24) is 0 Å². The van der Waals surface area contributed by atoms with Crippen LogP contribution in [-0.2, 0) is 4.79 Å². The van der Waals surface area contributed by atoms with E-state index >= 15 is 0 Å². The van der Waals surface area contributed by atoms with Gasteiger partial charge in [-0.2, -0.15) is 7.11 Å². The zero-order chi connectivity index (χ0) is 4.00. The van der Waals surface area contributed by atoms with Crippen molar-refractivity contribution in [1.29, 1.82) is 0 Å². The van der Waals surface area contributed by atoms with E-state index in [2.05, 4.69) is 0 Å². The number of hydrogen-bond acceptors (Lipinski definition) is 2. The van der Waals surface area contributed by atoms with Crippen molar-refractivity contribution >= 4 is 6.79 Å². The fourth-order valence-corrected chi connectivity index (χ4v) is 0. The Bertz CT molecular complexity index is 7.61. The molecule has 0 unspecified atom stereocenters. The maximum atomic E-state index is 8.25. The van der Waals surface area contributed by atoms with Crippen molar-refractivity contribution in [3.8, 4) is 0 Å². The van der Waals surface area contributed by atoms with Crippen LogP contribution in [-0.4, -0.2) is 13.9 Å². The molecule has 0 atom stereocenters. The quantitative estimate of drug-likeness (QED) is 0.279. The minimum absolute atomic E-state index is 0. The number of carbonyl (C=O) groups is 1. The van der Waals surface area contributed by atoms with Gasteiger partial charge in [-0.15, -0.1) is 0 Å². The van der Waals surface area contributed by atoms with Crippen LogP contribution in [0.3, 0.4) is 0 Å². The van der Waals surface area contributed by atoms with Crippen molar-refractivity contribution in [2.24, 2.45) is 0 Å². The van der Waals surface area contributed by atoms with Crippen LogP contribution >= 0.6 is 0 Å². The summed E-state index contributed by atoms with van der Waals surface area (Å²) in [6.45, 7) is 2.00. The molecule has 0 saturated carbocycles. The molecule has 0 spiro atoms. The molecule has 0 aliphatic carbocycles. The molecule has 2 nitrogen and oxygen atoms in total. The maximum Gasteiger partial charge on any atom is 1.00 e. The zero-order valence-corrected chi connectivity index (χ0v) is 5.52. The van der Waals surface area contributed by atoms with Crippen LogP contribution < -0.4 is 34.7 Å². The van der Waals surface area contributed by atoms with Gasteiger partial charge in [0.05, 0.1) is 0 Å². The van der Waals surface area contributed by atoms with Crippen LogP contribution in [0, 0.1) is 0 Å². The minimum atomic E-state index is 0. The molecule has 0 fully saturated rings. The summed E-state index contributed by atoms with van der Waals surface area (Å²) in [5.74, 6) is 0. The monoisotopic (exact) mass is 84.0 g/mol. The van der Waals surface area contributed by atoms with E-state index in [1.165, 1.54) is 0 Å². The summed E-state index contributed by atoms with van der Waals surface area (Å²) in [4.78, 5) is 8.00. The SMILES string of the molecule is C=O.C[O-].[Na+]. The van der Waals surface area contributed by atoms with Gasteiger partial charge in [0.15, 0.2) is 0 Å². The molecule has 3 heteroatoms. The predicted octanol–water partition coefficient (Wildman–Crippen LogP) is -4.20. The predicted molar refractivity (Wildman–Crippen MR) is 13.0 cm³/mol. The van der Waals surface area contributed by atoms with Gasteiger partial charge in [0.1, 0.15) is 6.79 Å². The van der Waals surface area contributed by atoms with E-state index in [-0.39, 0.29) is 29.6 Å². The van der Waals surface area contributed by atoms with Gasteiger partial charge >= 0.3 is 29.6 Å². The Balaban J connectivity index is -0.0000000133. The van der Waals surface area contributed by atoms with Gasteiger partial charge in [-0.1, -0.05) is 0 Å². The molecular weight excluding hydrogens is 79.0 g/mol. The topological polar surface area (TPSA) is 40.1 Å². The molecule has 26 valence electrons. The zero-order valence-electron chi connectivity index (χ0n) is 3.52. The molecule has 5 heavy (non-hydrogen) atoms. The van der Waals surface area contributed by atoms with E-state index in [9.17, 15) is 0 Å². The maximum absolute atomic E-state index is 8.25. The molecule has 0 bridgehead atoms. The van der Waals surface area contributed by atoms with E-state index in [0.717, 1.165) is 7.11 Å². The molecule has 0 saturated heterocycles. The second-order valence-corrected chi connectivity index (χ2v) is 0. The fraction of sp³-hybridized carbons (Fsp3) is 0.500. The third-order valence-electron chi connectivity index (χ3n) is 0. The molecule has 0 aromatic heterocycles. The van der Waals surface area contributed by atoms with Crippen molar-refractivity contribution in [2.45, 2.75) is 0 Å². The standard InChI is InChI=1S/CH3O.CH2O.Na/c2*1-2;/h1H3;1H2;/q-1;;+1. The normalized spacial score (nSPS) is 2.00. The summed E-state index contributed by atoms with van der Waals surface area (Å²) in [5.41, 5.74) is 0. The second kappa shape index (κ2) is 154. The minimum Gasteiger partial charge on any atom is -0.857 e. The molecule has 0 aromatic carbocycles. The van der Waals surface area contributed by atoms with E-state index < -0.39 is 0 Å². The van der Waals surface area contributed by atoms with Gasteiger partial charge < -0.3 is 9.90 Å². The smallest absolute Gasteiger partial charge is 0.857 e. The first-order valence-electron chi connectivity index (χ1n) is 0.697. The Labute approximate surface area is 53.5 Å². The molecule has 0 aliphatic rings. The van der Waals surface area contributed by atoms with Gasteiger partial charge in [0, 0.05) is 0 Å². The average molecular weight is 84.0 g/mol. The molecular formula is C2H5NaO2. The Morgan fingerprint density at radius 2 is 1.40 bits per heavy atom. The van der Waals surface area contributed by atoms with Gasteiger partial charge in [0.25, 0.3) is 0 Å². The summed E-state index contributed by atoms with van der Waals surface area (Å²) in [6.07, 6.45) is 0. The molecule has 0 amide bonds. The summed E-state index contributed by atoms with van der Waals surface area (Å²) >= 11 is 0. The van der Waals surface area contributed by atoms with Crippen molar-refractivity contribution in [3.63, 3.8) is 0 Å². The van der Waals surface area contributed by atoms with Gasteiger partial charge in [-0.3, -0.25) is 0 Å². The molecule has 0 rings (SSSR count). The van der Waals surface area contributed by atoms with E-state index in [4.69, 9.17) is 9.90 Å². The van der Waals surface area contributed by atoms with Crippen molar-refractivity contribution in [3.05, 3.63) is 0 Å². The van der Waals surface area contributed by atoms with E-state index in [1.54, 1.807) is 0 Å². The molecule has 0 aliphatic heterocycles. The largest absolute Gasteiger partial charge is 1.00 e. The Hall–Kier alpha value is 0.630. The summed E-state index contributed by atoms with van der Waals surface area (Å²) in [6, 6.07) is 0. The van der Waals surface area contributed by atoms with Crippen molar-refractivity contribution in [2.75, 3.05) is 7.11 Å². The van der Waals surface area contributed by atoms with Crippen molar-refractivity contribution < 1.29 is 39.5 Å². The Morgan fingerprint density at radius 1 is 1.40 bits per heavy atom. The summed E-state index contributed by atoms with van der Waals surface area (Å²) < 4.78 is 0. The number of hydrogen-bond donors (Lipinski definition) is 0. The molecule has 0 heterocycles. The fourth-order valence-electron chi connectivity index (χ4n) is 0. The van der Waals surface area contributed by atoms with Crippen LogP contribution in [0.4, 0.5) is 0 Å². The number of rotatable bonds is 0. The Morgan fingerprint density at radius 3 is 1.40 bits per heavy atom. The first-order chi connectivity index (χ1) is 2.00. The molecule has 0 radical (unpaired) electrons. The third-order valence-corrected chi connectivity index (χ3v) is 0. The third kappa shape index (κ3) is 80.7.